The second kappa shape index (κ2) is 7.78. The third-order valence-electron chi connectivity index (χ3n) is 8.05. The summed E-state index contributed by atoms with van der Waals surface area (Å²) in [7, 11) is 1.54. The fraction of sp³-hybridized carbons (Fsp3) is 0.207. The maximum atomic E-state index is 14.1. The maximum absolute atomic E-state index is 14.1. The van der Waals surface area contributed by atoms with Crippen LogP contribution in [-0.2, 0) is 26.3 Å². The number of benzene rings is 3. The Morgan fingerprint density at radius 2 is 1.76 bits per heavy atom. The van der Waals surface area contributed by atoms with Crippen LogP contribution >= 0.6 is 0 Å². The Morgan fingerprint density at radius 1 is 0.946 bits per heavy atom. The van der Waals surface area contributed by atoms with Crippen molar-refractivity contribution in [3.8, 4) is 5.75 Å². The number of amides is 3. The summed E-state index contributed by atoms with van der Waals surface area (Å²) in [5.41, 5.74) is 2.49. The van der Waals surface area contributed by atoms with E-state index >= 15 is 0 Å². The van der Waals surface area contributed by atoms with Crippen molar-refractivity contribution >= 4 is 40.0 Å². The topological polar surface area (TPSA) is 104 Å². The lowest BCUT2D eigenvalue weighted by Crippen LogP contribution is -2.53. The summed E-state index contributed by atoms with van der Waals surface area (Å²) >= 11 is 0. The van der Waals surface area contributed by atoms with E-state index in [9.17, 15) is 14.4 Å². The summed E-state index contributed by atoms with van der Waals surface area (Å²) in [5.74, 6) is -2.06. The van der Waals surface area contributed by atoms with Crippen molar-refractivity contribution < 1.29 is 19.1 Å². The molecule has 3 aromatic carbocycles. The zero-order chi connectivity index (χ0) is 25.3. The van der Waals surface area contributed by atoms with Gasteiger partial charge in [0.1, 0.15) is 11.3 Å². The van der Waals surface area contributed by atoms with Crippen molar-refractivity contribution in [2.45, 2.75) is 18.0 Å². The molecule has 4 heterocycles. The molecule has 3 N–H and O–H groups in total. The van der Waals surface area contributed by atoms with Crippen LogP contribution in [0.2, 0.25) is 0 Å². The molecule has 4 aromatic rings. The van der Waals surface area contributed by atoms with E-state index < -0.39 is 23.4 Å². The minimum absolute atomic E-state index is 0.307. The van der Waals surface area contributed by atoms with E-state index in [1.807, 2.05) is 54.7 Å². The van der Waals surface area contributed by atoms with E-state index in [-0.39, 0.29) is 17.7 Å². The Labute approximate surface area is 212 Å². The number of anilines is 2. The average molecular weight is 493 g/mol. The molecule has 0 radical (unpaired) electrons. The molecule has 37 heavy (non-hydrogen) atoms. The monoisotopic (exact) mass is 492 g/mol. The van der Waals surface area contributed by atoms with E-state index in [0.717, 1.165) is 16.5 Å². The van der Waals surface area contributed by atoms with Gasteiger partial charge in [-0.25, -0.2) is 4.90 Å². The Kier molecular flexibility index (Phi) is 4.59. The predicted molar refractivity (Wildman–Crippen MR) is 138 cm³/mol. The maximum Gasteiger partial charge on any atom is 0.250 e. The van der Waals surface area contributed by atoms with Crippen LogP contribution in [0.25, 0.3) is 10.9 Å². The van der Waals surface area contributed by atoms with Gasteiger partial charge in [-0.05, 0) is 36.2 Å². The number of nitrogens with one attached hydrogen (secondary N) is 3. The molecule has 8 nitrogen and oxygen atoms in total. The number of imide groups is 1. The lowest BCUT2D eigenvalue weighted by molar-refractivity contribution is -0.130. The Balaban J connectivity index is 1.37. The number of fused-ring (bicyclic) bond motifs is 5. The number of hydrogen-bond acceptors (Lipinski definition) is 5. The van der Waals surface area contributed by atoms with Gasteiger partial charge in [0.05, 0.1) is 24.6 Å². The van der Waals surface area contributed by atoms with Gasteiger partial charge in [0, 0.05) is 40.5 Å². The molecule has 8 heteroatoms. The highest BCUT2D eigenvalue weighted by atomic mass is 16.5. The van der Waals surface area contributed by atoms with Crippen LogP contribution in [0.15, 0.2) is 79.0 Å². The van der Waals surface area contributed by atoms with Crippen molar-refractivity contribution in [3.05, 3.63) is 90.1 Å². The van der Waals surface area contributed by atoms with Crippen molar-refractivity contribution in [1.82, 2.24) is 10.3 Å². The van der Waals surface area contributed by atoms with Crippen molar-refractivity contribution in [1.29, 1.82) is 0 Å². The molecule has 0 bridgehead atoms. The molecule has 2 saturated heterocycles. The zero-order valence-electron chi connectivity index (χ0n) is 20.0. The van der Waals surface area contributed by atoms with Crippen molar-refractivity contribution in [3.63, 3.8) is 0 Å². The van der Waals surface area contributed by atoms with Crippen LogP contribution in [0.1, 0.15) is 11.1 Å². The minimum atomic E-state index is -1.33. The number of rotatable bonds is 4. The number of carbonyl (C=O) groups is 3. The molecule has 3 amide bonds. The van der Waals surface area contributed by atoms with Gasteiger partial charge < -0.3 is 15.0 Å². The van der Waals surface area contributed by atoms with E-state index in [2.05, 4.69) is 15.6 Å². The number of hydrogen-bond donors (Lipinski definition) is 3. The highest BCUT2D eigenvalue weighted by molar-refractivity contribution is 6.25. The fourth-order valence-corrected chi connectivity index (χ4v) is 6.47. The molecule has 7 rings (SSSR count). The first-order valence-electron chi connectivity index (χ1n) is 12.3. The second-order valence-electron chi connectivity index (χ2n) is 9.84. The van der Waals surface area contributed by atoms with Gasteiger partial charge in [0.15, 0.2) is 0 Å². The zero-order valence-corrected chi connectivity index (χ0v) is 20.0. The molecule has 0 aliphatic carbocycles. The summed E-state index contributed by atoms with van der Waals surface area (Å²) in [4.78, 5) is 46.4. The van der Waals surface area contributed by atoms with Crippen molar-refractivity contribution in [2.24, 2.45) is 11.8 Å². The highest BCUT2D eigenvalue weighted by Gasteiger charge is 2.70. The minimum Gasteiger partial charge on any atom is -0.497 e. The number of ether oxygens (including phenoxy) is 1. The van der Waals surface area contributed by atoms with Crippen LogP contribution in [0.4, 0.5) is 11.4 Å². The molecule has 3 aliphatic heterocycles. The molecule has 2 unspecified atom stereocenters. The largest absolute Gasteiger partial charge is 0.497 e. The van der Waals surface area contributed by atoms with Gasteiger partial charge in [-0.2, -0.15) is 0 Å². The first-order chi connectivity index (χ1) is 18.0. The quantitative estimate of drug-likeness (QED) is 0.379. The second-order valence-corrected chi connectivity index (χ2v) is 9.84. The van der Waals surface area contributed by atoms with Gasteiger partial charge in [0.2, 0.25) is 17.7 Å². The molecule has 1 aromatic heterocycles. The number of carbonyl (C=O) groups excluding carboxylic acids is 3. The Hall–Kier alpha value is -4.43. The Bertz CT molecular complexity index is 1610. The highest BCUT2D eigenvalue weighted by Crippen LogP contribution is 2.54. The fourth-order valence-electron chi connectivity index (χ4n) is 6.47. The normalized spacial score (nSPS) is 26.1. The molecule has 1 spiro atoms. The molecule has 2 fully saturated rings. The predicted octanol–water partition coefficient (Wildman–Crippen LogP) is 3.34. The smallest absolute Gasteiger partial charge is 0.250 e. The number of aromatic amines is 1. The number of aromatic nitrogens is 1. The third kappa shape index (κ3) is 2.90. The standard InChI is InChI=1S/C29H24N4O4/c1-37-18-8-6-7-17(14-18)33-26(34)24-23(13-16-15-30-21-11-4-2-9-19(16)21)32-29(25(24)27(33)35)20-10-3-5-12-22(20)31-28(29)36/h2-12,14-15,23-25,30,32H,13H2,1H3,(H,31,36)/t23?,24-,25+,29?/m1/s1. The van der Waals surface area contributed by atoms with Crippen LogP contribution < -0.4 is 20.3 Å². The average Bonchev–Trinajstić information content (AvgIpc) is 3.63. The molecule has 3 aliphatic rings. The summed E-state index contributed by atoms with van der Waals surface area (Å²) in [6, 6.07) is 21.8. The summed E-state index contributed by atoms with van der Waals surface area (Å²) < 4.78 is 5.34. The lowest BCUT2D eigenvalue weighted by atomic mass is 9.76. The number of H-pyrrole nitrogens is 1. The van der Waals surface area contributed by atoms with E-state index in [1.165, 1.54) is 12.0 Å². The van der Waals surface area contributed by atoms with E-state index in [4.69, 9.17) is 4.74 Å². The first-order valence-corrected chi connectivity index (χ1v) is 12.3. The van der Waals surface area contributed by atoms with Crippen LogP contribution in [0.3, 0.4) is 0 Å². The van der Waals surface area contributed by atoms with Crippen LogP contribution in [0, 0.1) is 11.8 Å². The Morgan fingerprint density at radius 3 is 2.62 bits per heavy atom. The summed E-state index contributed by atoms with van der Waals surface area (Å²) in [6.45, 7) is 0. The number of para-hydroxylation sites is 2. The number of methoxy groups -OCH3 is 1. The van der Waals surface area contributed by atoms with Gasteiger partial charge in [-0.15, -0.1) is 0 Å². The van der Waals surface area contributed by atoms with Gasteiger partial charge in [-0.3, -0.25) is 19.7 Å². The van der Waals surface area contributed by atoms with Crippen LogP contribution in [0.5, 0.6) is 5.75 Å². The molecule has 4 atom stereocenters. The number of nitrogens with zero attached hydrogens (tertiary/aromatic N) is 1. The lowest BCUT2D eigenvalue weighted by Gasteiger charge is -2.29. The van der Waals surface area contributed by atoms with Crippen molar-refractivity contribution in [2.75, 3.05) is 17.3 Å². The summed E-state index contributed by atoms with van der Waals surface area (Å²) in [5, 5.41) is 7.52. The van der Waals surface area contributed by atoms with Gasteiger partial charge in [0.25, 0.3) is 0 Å². The molecular weight excluding hydrogens is 468 g/mol. The summed E-state index contributed by atoms with van der Waals surface area (Å²) in [6.07, 6.45) is 2.42. The van der Waals surface area contributed by atoms with Gasteiger partial charge in [-0.1, -0.05) is 42.5 Å². The molecule has 184 valence electrons. The molecular formula is C29H24N4O4. The van der Waals surface area contributed by atoms with E-state index in [1.54, 1.807) is 24.3 Å². The third-order valence-corrected chi connectivity index (χ3v) is 8.05. The first kappa shape index (κ1) is 21.8. The van der Waals surface area contributed by atoms with E-state index in [0.29, 0.717) is 29.1 Å². The molecule has 0 saturated carbocycles. The SMILES string of the molecule is COc1cccc(N2C(=O)[C@@H]3C(Cc4c[nH]c5ccccc45)NC4(C(=O)Nc5ccccc54)[C@@H]3C2=O)c1. The van der Waals surface area contributed by atoms with Gasteiger partial charge >= 0.3 is 0 Å². The van der Waals surface area contributed by atoms with Crippen LogP contribution in [-0.4, -0.2) is 35.9 Å².